The average molecular weight is 367 g/mol. The lowest BCUT2D eigenvalue weighted by molar-refractivity contribution is 0.172. The molecule has 1 unspecified atom stereocenters. The molecule has 3 nitrogen and oxygen atoms in total. The summed E-state index contributed by atoms with van der Waals surface area (Å²) in [5.41, 5.74) is 2.27. The van der Waals surface area contributed by atoms with Crippen molar-refractivity contribution in [1.29, 1.82) is 0 Å². The van der Waals surface area contributed by atoms with E-state index in [2.05, 4.69) is 41.0 Å². The molecule has 4 heteroatoms. The lowest BCUT2D eigenvalue weighted by Gasteiger charge is -2.33. The molecule has 26 heavy (non-hydrogen) atoms. The van der Waals surface area contributed by atoms with Gasteiger partial charge in [-0.15, -0.1) is 11.8 Å². The first-order valence-corrected chi connectivity index (χ1v) is 10.7. The van der Waals surface area contributed by atoms with Gasteiger partial charge in [0, 0.05) is 28.3 Å². The highest BCUT2D eigenvalue weighted by molar-refractivity contribution is 7.98. The van der Waals surface area contributed by atoms with Crippen molar-refractivity contribution in [3.8, 4) is 0 Å². The minimum absolute atomic E-state index is 0.147. The Morgan fingerprint density at radius 2 is 1.88 bits per heavy atom. The van der Waals surface area contributed by atoms with Crippen LogP contribution in [-0.2, 0) is 6.54 Å². The summed E-state index contributed by atoms with van der Waals surface area (Å²) in [5.74, 6) is 0. The third-order valence-electron chi connectivity index (χ3n) is 5.79. The van der Waals surface area contributed by atoms with Crippen LogP contribution in [0.2, 0.25) is 0 Å². The highest BCUT2D eigenvalue weighted by Crippen LogP contribution is 2.26. The Morgan fingerprint density at radius 3 is 2.69 bits per heavy atom. The fourth-order valence-corrected chi connectivity index (χ4v) is 4.69. The molecule has 0 aliphatic carbocycles. The van der Waals surface area contributed by atoms with E-state index in [4.69, 9.17) is 0 Å². The highest BCUT2D eigenvalue weighted by Gasteiger charge is 2.19. The van der Waals surface area contributed by atoms with E-state index in [0.29, 0.717) is 6.04 Å². The number of fused-ring (bicyclic) bond motifs is 2. The summed E-state index contributed by atoms with van der Waals surface area (Å²) in [7, 11) is 2.25. The summed E-state index contributed by atoms with van der Waals surface area (Å²) >= 11 is 1.73. The fourth-order valence-electron chi connectivity index (χ4n) is 4.26. The van der Waals surface area contributed by atoms with E-state index in [-0.39, 0.29) is 5.43 Å². The van der Waals surface area contributed by atoms with E-state index in [0.717, 1.165) is 34.8 Å². The number of piperidine rings is 1. The molecule has 0 amide bonds. The number of pyridine rings is 1. The molecular formula is C22H26N2OS. The van der Waals surface area contributed by atoms with Gasteiger partial charge in [0.2, 0.25) is 0 Å². The Labute approximate surface area is 159 Å². The van der Waals surface area contributed by atoms with Gasteiger partial charge >= 0.3 is 0 Å². The van der Waals surface area contributed by atoms with Crippen molar-refractivity contribution >= 4 is 33.6 Å². The van der Waals surface area contributed by atoms with Crippen LogP contribution < -0.4 is 5.43 Å². The van der Waals surface area contributed by atoms with Gasteiger partial charge in [0.1, 0.15) is 0 Å². The SMILES string of the molecule is CSc1ccc2c(=O)c3ccccc3n(CCC3CCCCN3C)c2c1. The van der Waals surface area contributed by atoms with Gasteiger partial charge in [-0.25, -0.2) is 0 Å². The quantitative estimate of drug-likeness (QED) is 0.492. The molecule has 0 saturated carbocycles. The first-order valence-electron chi connectivity index (χ1n) is 9.48. The average Bonchev–Trinajstić information content (AvgIpc) is 2.69. The Hall–Kier alpha value is -1.78. The molecule has 1 atom stereocenters. The number of hydrogen-bond acceptors (Lipinski definition) is 3. The van der Waals surface area contributed by atoms with Gasteiger partial charge in [0.25, 0.3) is 0 Å². The Morgan fingerprint density at radius 1 is 1.08 bits per heavy atom. The van der Waals surface area contributed by atoms with Crippen molar-refractivity contribution in [3.63, 3.8) is 0 Å². The van der Waals surface area contributed by atoms with Crippen LogP contribution >= 0.6 is 11.8 Å². The second-order valence-electron chi connectivity index (χ2n) is 7.30. The number of benzene rings is 2. The summed E-state index contributed by atoms with van der Waals surface area (Å²) in [5, 5.41) is 1.66. The van der Waals surface area contributed by atoms with Crippen molar-refractivity contribution in [2.24, 2.45) is 0 Å². The molecule has 0 N–H and O–H groups in total. The number of hydrogen-bond donors (Lipinski definition) is 0. The number of aryl methyl sites for hydroxylation is 1. The molecule has 4 rings (SSSR count). The van der Waals surface area contributed by atoms with E-state index < -0.39 is 0 Å². The number of thioether (sulfide) groups is 1. The number of likely N-dealkylation sites (tertiary alicyclic amines) is 1. The number of nitrogens with zero attached hydrogens (tertiary/aromatic N) is 2. The van der Waals surface area contributed by atoms with Crippen molar-refractivity contribution in [2.45, 2.75) is 43.2 Å². The van der Waals surface area contributed by atoms with Gasteiger partial charge in [0.15, 0.2) is 5.43 Å². The third kappa shape index (κ3) is 3.17. The molecular weight excluding hydrogens is 340 g/mol. The zero-order valence-electron chi connectivity index (χ0n) is 15.6. The van der Waals surface area contributed by atoms with E-state index in [1.807, 2.05) is 24.3 Å². The topological polar surface area (TPSA) is 25.2 Å². The van der Waals surface area contributed by atoms with Crippen LogP contribution in [0.3, 0.4) is 0 Å². The number of rotatable bonds is 4. The van der Waals surface area contributed by atoms with Crippen LogP contribution in [0, 0.1) is 0 Å². The monoisotopic (exact) mass is 366 g/mol. The molecule has 3 aromatic rings. The minimum atomic E-state index is 0.147. The highest BCUT2D eigenvalue weighted by atomic mass is 32.2. The summed E-state index contributed by atoms with van der Waals surface area (Å²) in [6.45, 7) is 2.15. The molecule has 1 aromatic heterocycles. The predicted molar refractivity (Wildman–Crippen MR) is 112 cm³/mol. The first-order chi connectivity index (χ1) is 12.7. The maximum atomic E-state index is 13.0. The zero-order chi connectivity index (χ0) is 18.1. The van der Waals surface area contributed by atoms with Crippen molar-refractivity contribution in [2.75, 3.05) is 19.8 Å². The van der Waals surface area contributed by atoms with Crippen molar-refractivity contribution in [1.82, 2.24) is 9.47 Å². The molecule has 2 aromatic carbocycles. The summed E-state index contributed by atoms with van der Waals surface area (Å²) < 4.78 is 2.37. The van der Waals surface area contributed by atoms with Crippen LogP contribution in [0.1, 0.15) is 25.7 Å². The van der Waals surface area contributed by atoms with Crippen LogP contribution in [0.4, 0.5) is 0 Å². The van der Waals surface area contributed by atoms with Crippen molar-refractivity contribution in [3.05, 3.63) is 52.7 Å². The molecule has 1 fully saturated rings. The standard InChI is InChI=1S/C22H26N2OS/c1-23-13-6-5-7-16(23)12-14-24-20-9-4-3-8-18(20)22(25)19-11-10-17(26-2)15-21(19)24/h3-4,8-11,15-16H,5-7,12-14H2,1-2H3. The van der Waals surface area contributed by atoms with Gasteiger partial charge in [-0.2, -0.15) is 0 Å². The van der Waals surface area contributed by atoms with Gasteiger partial charge in [-0.05, 0) is 69.4 Å². The molecule has 2 heterocycles. The third-order valence-corrected chi connectivity index (χ3v) is 6.51. The fraction of sp³-hybridized carbons (Fsp3) is 0.409. The van der Waals surface area contributed by atoms with Crippen LogP contribution in [-0.4, -0.2) is 35.4 Å². The molecule has 1 aliphatic rings. The van der Waals surface area contributed by atoms with Crippen LogP contribution in [0.25, 0.3) is 21.8 Å². The largest absolute Gasteiger partial charge is 0.340 e. The molecule has 0 bridgehead atoms. The Balaban J connectivity index is 1.84. The minimum Gasteiger partial charge on any atom is -0.340 e. The lowest BCUT2D eigenvalue weighted by atomic mass is 10.00. The summed E-state index contributed by atoms with van der Waals surface area (Å²) in [6, 6.07) is 14.9. The Kier molecular flexibility index (Phi) is 5.05. The second kappa shape index (κ2) is 7.45. The molecule has 0 radical (unpaired) electrons. The normalized spacial score (nSPS) is 18.6. The van der Waals surface area contributed by atoms with E-state index in [1.54, 1.807) is 11.8 Å². The van der Waals surface area contributed by atoms with Gasteiger partial charge in [0.05, 0.1) is 11.0 Å². The maximum absolute atomic E-state index is 13.0. The molecule has 1 aliphatic heterocycles. The predicted octanol–water partition coefficient (Wildman–Crippen LogP) is 4.75. The summed E-state index contributed by atoms with van der Waals surface area (Å²) in [4.78, 5) is 16.7. The Bertz CT molecular complexity index is 995. The van der Waals surface area contributed by atoms with Gasteiger partial charge in [-0.1, -0.05) is 18.6 Å². The van der Waals surface area contributed by atoms with E-state index >= 15 is 0 Å². The second-order valence-corrected chi connectivity index (χ2v) is 8.18. The summed E-state index contributed by atoms with van der Waals surface area (Å²) in [6.07, 6.45) is 7.14. The number of aromatic nitrogens is 1. The molecule has 136 valence electrons. The molecule has 1 saturated heterocycles. The van der Waals surface area contributed by atoms with Crippen LogP contribution in [0.5, 0.6) is 0 Å². The van der Waals surface area contributed by atoms with Crippen molar-refractivity contribution < 1.29 is 0 Å². The maximum Gasteiger partial charge on any atom is 0.197 e. The van der Waals surface area contributed by atoms with Gasteiger partial charge in [-0.3, -0.25) is 4.79 Å². The molecule has 0 spiro atoms. The van der Waals surface area contributed by atoms with Crippen LogP contribution in [0.15, 0.2) is 52.2 Å². The van der Waals surface area contributed by atoms with E-state index in [9.17, 15) is 4.79 Å². The first kappa shape index (κ1) is 17.6. The lowest BCUT2D eigenvalue weighted by Crippen LogP contribution is -2.36. The zero-order valence-corrected chi connectivity index (χ0v) is 16.4. The smallest absolute Gasteiger partial charge is 0.197 e. The van der Waals surface area contributed by atoms with Gasteiger partial charge < -0.3 is 9.47 Å². The number of para-hydroxylation sites is 1. The van der Waals surface area contributed by atoms with E-state index in [1.165, 1.54) is 30.7 Å².